The Bertz CT molecular complexity index is 2120. The third-order valence-corrected chi connectivity index (χ3v) is 12.5. The number of carbonyl (C=O) groups is 2. The number of aromatic carboxylic acids is 2. The molecule has 11 heteroatoms. The van der Waals surface area contributed by atoms with E-state index in [-0.39, 0.29) is 27.6 Å². The molecule has 0 aliphatic carbocycles. The molecule has 0 aliphatic heterocycles. The second-order valence-electron chi connectivity index (χ2n) is 17.4. The number of aryl methyl sites for hydroxylation is 6. The van der Waals surface area contributed by atoms with Crippen LogP contribution in [-0.4, -0.2) is 43.8 Å². The maximum absolute atomic E-state index is 11.7. The van der Waals surface area contributed by atoms with Crippen molar-refractivity contribution >= 4 is 34.7 Å². The van der Waals surface area contributed by atoms with Crippen molar-refractivity contribution in [2.45, 2.75) is 198 Å². The molecule has 0 aliphatic rings. The van der Waals surface area contributed by atoms with E-state index in [4.69, 9.17) is 20.2 Å². The standard InChI is InChI=1S/C30H44N2.2C14H20O4.Ni/c1-7-13-15-29(31-27-19-17-23(9-3)25(11-5)21-27)30(16-14-8-2)32-28-20-18-24(10-4)26(12-6)22-28;2*1-3-5-6-7-10-9(4-2)8-11(15)13(16)12(10)14(17)18;/h17-22H,7-16H2,1-6H3;2*8,15-16H,3-7H2,1-2H3,(H,17,18);/q;;;+2/p-2. The van der Waals surface area contributed by atoms with Gasteiger partial charge in [0.05, 0.1) is 33.9 Å². The second kappa shape index (κ2) is 33.4. The Kier molecular flexibility index (Phi) is 29.9. The van der Waals surface area contributed by atoms with Gasteiger partial charge in [-0.15, -0.1) is 0 Å². The quantitative estimate of drug-likeness (QED) is 0.0287. The Balaban J connectivity index is 0.000000551. The monoisotopic (exact) mass is 993 g/mol. The molecular weight excluding hydrogens is 911 g/mol. The Morgan fingerprint density at radius 2 is 0.768 bits per heavy atom. The molecule has 0 unspecified atom stereocenters. The molecule has 0 spiro atoms. The van der Waals surface area contributed by atoms with Crippen LogP contribution in [0.3, 0.4) is 0 Å². The number of rotatable bonds is 25. The average Bonchev–Trinajstić information content (AvgIpc) is 3.33. The molecule has 69 heavy (non-hydrogen) atoms. The molecule has 0 bridgehead atoms. The van der Waals surface area contributed by atoms with Crippen molar-refractivity contribution in [3.05, 3.63) is 104 Å². The number of aromatic hydroxyl groups is 2. The molecular formula is C58H82N2NiO8. The van der Waals surface area contributed by atoms with Crippen molar-refractivity contribution in [2.24, 2.45) is 9.98 Å². The van der Waals surface area contributed by atoms with E-state index in [2.05, 4.69) is 91.8 Å². The summed E-state index contributed by atoms with van der Waals surface area (Å²) < 4.78 is 0. The number of benzene rings is 4. The summed E-state index contributed by atoms with van der Waals surface area (Å²) in [5.74, 6) is -4.99. The molecule has 10 nitrogen and oxygen atoms in total. The first kappa shape index (κ1) is 61.9. The predicted molar refractivity (Wildman–Crippen MR) is 278 cm³/mol. The fraction of sp³-hybridized carbons (Fsp3) is 0.517. The van der Waals surface area contributed by atoms with E-state index in [1.54, 1.807) is 0 Å². The molecule has 0 radical (unpaired) electrons. The topological polar surface area (TPSA) is 186 Å². The van der Waals surface area contributed by atoms with Gasteiger partial charge < -0.3 is 30.6 Å². The van der Waals surface area contributed by atoms with Crippen LogP contribution in [0.5, 0.6) is 23.0 Å². The fourth-order valence-electron chi connectivity index (χ4n) is 8.49. The molecule has 382 valence electrons. The third kappa shape index (κ3) is 18.9. The number of phenolic OH excluding ortho intramolecular Hbond substituents is 2. The summed E-state index contributed by atoms with van der Waals surface area (Å²) in [5, 5.41) is 60.6. The van der Waals surface area contributed by atoms with Gasteiger partial charge in [0.1, 0.15) is 11.5 Å². The van der Waals surface area contributed by atoms with E-state index in [1.165, 1.54) is 58.7 Å². The van der Waals surface area contributed by atoms with Crippen LogP contribution in [0, 0.1) is 0 Å². The zero-order valence-corrected chi connectivity index (χ0v) is 44.4. The molecule has 0 saturated carbocycles. The number of phenols is 2. The van der Waals surface area contributed by atoms with Crippen LogP contribution in [-0.2, 0) is 67.9 Å². The average molecular weight is 994 g/mol. The third-order valence-electron chi connectivity index (χ3n) is 12.5. The van der Waals surface area contributed by atoms with Gasteiger partial charge in [0.25, 0.3) is 0 Å². The first-order valence-corrected chi connectivity index (χ1v) is 25.6. The molecule has 0 heterocycles. The molecule has 0 atom stereocenters. The second-order valence-corrected chi connectivity index (χ2v) is 17.4. The van der Waals surface area contributed by atoms with Gasteiger partial charge >= 0.3 is 28.4 Å². The number of unbranched alkanes of at least 4 members (excludes halogenated alkanes) is 6. The van der Waals surface area contributed by atoms with Crippen molar-refractivity contribution < 1.29 is 56.7 Å². The van der Waals surface area contributed by atoms with Crippen LogP contribution in [0.15, 0.2) is 58.5 Å². The molecule has 4 aromatic rings. The zero-order chi connectivity index (χ0) is 50.8. The number of hydrogen-bond acceptors (Lipinski definition) is 8. The SMILES string of the molecule is CCCCC(=Nc1ccc(CC)c(CC)c1)C(CCCC)=Nc1ccc(CC)c(CC)c1.CCCCCc1c(CC)cc(O)c([O-])c1C(=O)O.CCCCCc1c(CC)cc(O)c([O-])c1C(=O)O.[Ni+2]. The Hall–Kier alpha value is -5.15. The summed E-state index contributed by atoms with van der Waals surface area (Å²) in [7, 11) is 0. The van der Waals surface area contributed by atoms with Crippen molar-refractivity contribution in [3.63, 3.8) is 0 Å². The molecule has 4 aromatic carbocycles. The van der Waals surface area contributed by atoms with Gasteiger partial charge in [-0.3, -0.25) is 9.98 Å². The Labute approximate surface area is 424 Å². The number of carboxylic acid groups (broad SMARTS) is 2. The van der Waals surface area contributed by atoms with Crippen molar-refractivity contribution in [3.8, 4) is 23.0 Å². The molecule has 4 N–H and O–H groups in total. The Morgan fingerprint density at radius 1 is 0.449 bits per heavy atom. The number of carboxylic acids is 2. The summed E-state index contributed by atoms with van der Waals surface area (Å²) in [4.78, 5) is 32.8. The first-order chi connectivity index (χ1) is 32.6. The van der Waals surface area contributed by atoms with E-state index >= 15 is 0 Å². The minimum Gasteiger partial charge on any atom is -0.869 e. The summed E-state index contributed by atoms with van der Waals surface area (Å²) in [6, 6.07) is 16.3. The number of aliphatic imine (C=N–C) groups is 2. The normalized spacial score (nSPS) is 11.3. The first-order valence-electron chi connectivity index (χ1n) is 25.6. The minimum absolute atomic E-state index is 0. The van der Waals surface area contributed by atoms with Gasteiger partial charge in [0.2, 0.25) is 0 Å². The van der Waals surface area contributed by atoms with Crippen molar-refractivity contribution in [1.29, 1.82) is 0 Å². The summed E-state index contributed by atoms with van der Waals surface area (Å²) in [5.41, 5.74) is 12.3. The molecule has 0 amide bonds. The van der Waals surface area contributed by atoms with Crippen molar-refractivity contribution in [2.75, 3.05) is 0 Å². The van der Waals surface area contributed by atoms with Gasteiger partial charge in [0.15, 0.2) is 0 Å². The van der Waals surface area contributed by atoms with Crippen LogP contribution in [0.1, 0.15) is 212 Å². The van der Waals surface area contributed by atoms with Crippen LogP contribution in [0.4, 0.5) is 11.4 Å². The van der Waals surface area contributed by atoms with E-state index < -0.39 is 34.9 Å². The van der Waals surface area contributed by atoms with Crippen LogP contribution in [0.2, 0.25) is 0 Å². The smallest absolute Gasteiger partial charge is 0.869 e. The van der Waals surface area contributed by atoms with Gasteiger partial charge in [-0.1, -0.05) is 131 Å². The van der Waals surface area contributed by atoms with Crippen LogP contribution in [0.25, 0.3) is 0 Å². The number of hydrogen-bond donors (Lipinski definition) is 4. The van der Waals surface area contributed by atoms with Gasteiger partial charge in [-0.2, -0.15) is 0 Å². The predicted octanol–water partition coefficient (Wildman–Crippen LogP) is 14.1. The summed E-state index contributed by atoms with van der Waals surface area (Å²) >= 11 is 0. The zero-order valence-electron chi connectivity index (χ0n) is 43.4. The van der Waals surface area contributed by atoms with Gasteiger partial charge in [-0.05, 0) is 171 Å². The molecule has 4 rings (SSSR count). The van der Waals surface area contributed by atoms with Gasteiger partial charge in [0, 0.05) is 0 Å². The van der Waals surface area contributed by atoms with E-state index in [0.717, 1.165) is 112 Å². The summed E-state index contributed by atoms with van der Waals surface area (Å²) in [6.07, 6.45) is 19.0. The van der Waals surface area contributed by atoms with E-state index in [9.17, 15) is 30.0 Å². The fourth-order valence-corrected chi connectivity index (χ4v) is 8.49. The molecule has 0 saturated heterocycles. The molecule has 0 fully saturated rings. The van der Waals surface area contributed by atoms with E-state index in [1.807, 2.05) is 13.8 Å². The van der Waals surface area contributed by atoms with Crippen LogP contribution >= 0.6 is 0 Å². The largest absolute Gasteiger partial charge is 2.00 e. The van der Waals surface area contributed by atoms with E-state index in [0.29, 0.717) is 36.8 Å². The maximum Gasteiger partial charge on any atom is 2.00 e. The maximum atomic E-state index is 11.7. The Morgan fingerprint density at radius 3 is 1.04 bits per heavy atom. The van der Waals surface area contributed by atoms with Crippen molar-refractivity contribution in [1.82, 2.24) is 0 Å². The minimum atomic E-state index is -1.25. The number of nitrogens with zero attached hydrogens (tertiary/aromatic N) is 2. The van der Waals surface area contributed by atoms with Gasteiger partial charge in [-0.25, -0.2) is 9.59 Å². The summed E-state index contributed by atoms with van der Waals surface area (Å²) in [6.45, 7) is 21.3. The van der Waals surface area contributed by atoms with Crippen LogP contribution < -0.4 is 10.2 Å². The molecule has 0 aromatic heterocycles.